The fourth-order valence-electron chi connectivity index (χ4n) is 2.58. The van der Waals surface area contributed by atoms with Gasteiger partial charge in [0.25, 0.3) is 0 Å². The highest BCUT2D eigenvalue weighted by molar-refractivity contribution is 7.13. The van der Waals surface area contributed by atoms with Crippen LogP contribution < -0.4 is 4.74 Å². The molecule has 2 heterocycles. The summed E-state index contributed by atoms with van der Waals surface area (Å²) in [4.78, 5) is 8.21. The zero-order valence-corrected chi connectivity index (χ0v) is 15.5. The molecule has 0 unspecified atom stereocenters. The van der Waals surface area contributed by atoms with Crippen LogP contribution in [-0.4, -0.2) is 9.97 Å². The zero-order chi connectivity index (χ0) is 20.4. The molecule has 2 aromatic heterocycles. The van der Waals surface area contributed by atoms with Crippen molar-refractivity contribution in [2.75, 3.05) is 0 Å². The second-order valence-corrected chi connectivity index (χ2v) is 6.92. The summed E-state index contributed by atoms with van der Waals surface area (Å²) in [6.07, 6.45) is -3.71. The van der Waals surface area contributed by atoms with Crippen molar-refractivity contribution in [1.29, 1.82) is 0 Å². The number of rotatable bonds is 4. The molecule has 0 saturated carbocycles. The predicted molar refractivity (Wildman–Crippen MR) is 102 cm³/mol. The normalized spacial score (nSPS) is 11.4. The van der Waals surface area contributed by atoms with Crippen molar-refractivity contribution in [2.45, 2.75) is 6.18 Å². The van der Waals surface area contributed by atoms with Gasteiger partial charge in [0, 0.05) is 28.8 Å². The Bertz CT molecular complexity index is 1120. The fourth-order valence-corrected chi connectivity index (χ4v) is 3.42. The second kappa shape index (κ2) is 7.63. The second-order valence-electron chi connectivity index (χ2n) is 6.06. The Morgan fingerprint density at radius 2 is 1.69 bits per heavy atom. The van der Waals surface area contributed by atoms with Gasteiger partial charge in [0.15, 0.2) is 0 Å². The standard InChI is InChI=1S/C21H12F4N2OS/c22-16-3-1-2-14(10-16)18-12-29-20(27-18)13-4-7-17(8-5-13)28-19-9-6-15(11-26-19)21(23,24)25/h1-12H. The lowest BCUT2D eigenvalue weighted by atomic mass is 10.2. The Balaban J connectivity index is 1.48. The van der Waals surface area contributed by atoms with Crippen LogP contribution in [0.1, 0.15) is 5.56 Å². The molecule has 4 rings (SSSR count). The summed E-state index contributed by atoms with van der Waals surface area (Å²) >= 11 is 1.42. The van der Waals surface area contributed by atoms with Crippen molar-refractivity contribution >= 4 is 11.3 Å². The molecule has 4 aromatic rings. The third kappa shape index (κ3) is 4.43. The van der Waals surface area contributed by atoms with Crippen molar-refractivity contribution in [1.82, 2.24) is 9.97 Å². The van der Waals surface area contributed by atoms with E-state index in [0.29, 0.717) is 17.0 Å². The van der Waals surface area contributed by atoms with Crippen molar-refractivity contribution in [3.05, 3.63) is 83.6 Å². The highest BCUT2D eigenvalue weighted by Crippen LogP contribution is 2.32. The van der Waals surface area contributed by atoms with Crippen molar-refractivity contribution in [2.24, 2.45) is 0 Å². The molecule has 0 radical (unpaired) electrons. The van der Waals surface area contributed by atoms with Crippen LogP contribution in [0, 0.1) is 5.82 Å². The van der Waals surface area contributed by atoms with E-state index in [1.165, 1.54) is 29.5 Å². The molecule has 0 N–H and O–H groups in total. The van der Waals surface area contributed by atoms with Gasteiger partial charge in [-0.25, -0.2) is 14.4 Å². The van der Waals surface area contributed by atoms with Gasteiger partial charge in [0.05, 0.1) is 11.3 Å². The molecule has 3 nitrogen and oxygen atoms in total. The summed E-state index contributed by atoms with van der Waals surface area (Å²) in [6, 6.07) is 15.2. The minimum Gasteiger partial charge on any atom is -0.439 e. The molecule has 2 aromatic carbocycles. The van der Waals surface area contributed by atoms with E-state index in [2.05, 4.69) is 9.97 Å². The highest BCUT2D eigenvalue weighted by Gasteiger charge is 2.30. The van der Waals surface area contributed by atoms with Gasteiger partial charge < -0.3 is 4.74 Å². The fraction of sp³-hybridized carbons (Fsp3) is 0.0476. The first-order chi connectivity index (χ1) is 13.9. The van der Waals surface area contributed by atoms with E-state index in [1.54, 1.807) is 36.4 Å². The molecule has 0 aliphatic carbocycles. The summed E-state index contributed by atoms with van der Waals surface area (Å²) in [5.41, 5.74) is 1.38. The Hall–Kier alpha value is -3.26. The molecule has 0 atom stereocenters. The minimum absolute atomic E-state index is 0.0633. The number of pyridine rings is 1. The molecular weight excluding hydrogens is 404 g/mol. The molecular formula is C21H12F4N2OS. The van der Waals surface area contributed by atoms with Crippen LogP contribution >= 0.6 is 11.3 Å². The largest absolute Gasteiger partial charge is 0.439 e. The van der Waals surface area contributed by atoms with Gasteiger partial charge in [-0.05, 0) is 42.5 Å². The number of thiazole rings is 1. The zero-order valence-electron chi connectivity index (χ0n) is 14.7. The van der Waals surface area contributed by atoms with Gasteiger partial charge in [-0.1, -0.05) is 12.1 Å². The number of hydrogen-bond acceptors (Lipinski definition) is 4. The van der Waals surface area contributed by atoms with Crippen LogP contribution in [0.4, 0.5) is 17.6 Å². The number of ether oxygens (including phenoxy) is 1. The van der Waals surface area contributed by atoms with Crippen LogP contribution in [0.25, 0.3) is 21.8 Å². The number of alkyl halides is 3. The number of benzene rings is 2. The maximum absolute atomic E-state index is 13.4. The van der Waals surface area contributed by atoms with E-state index < -0.39 is 11.7 Å². The van der Waals surface area contributed by atoms with Crippen LogP contribution in [0.2, 0.25) is 0 Å². The van der Waals surface area contributed by atoms with Crippen LogP contribution in [0.5, 0.6) is 11.6 Å². The van der Waals surface area contributed by atoms with E-state index in [0.717, 1.165) is 22.8 Å². The molecule has 29 heavy (non-hydrogen) atoms. The average Bonchev–Trinajstić information content (AvgIpc) is 3.19. The third-order valence-electron chi connectivity index (χ3n) is 4.01. The lowest BCUT2D eigenvalue weighted by Crippen LogP contribution is -2.05. The Labute approximate surface area is 167 Å². The van der Waals surface area contributed by atoms with Crippen molar-refractivity contribution < 1.29 is 22.3 Å². The topological polar surface area (TPSA) is 35.0 Å². The molecule has 0 amide bonds. The molecule has 0 saturated heterocycles. The number of halogens is 4. The van der Waals surface area contributed by atoms with Crippen LogP contribution in [-0.2, 0) is 6.18 Å². The molecule has 0 bridgehead atoms. The van der Waals surface area contributed by atoms with Gasteiger partial charge in [0.2, 0.25) is 5.88 Å². The number of hydrogen-bond donors (Lipinski definition) is 0. The average molecular weight is 416 g/mol. The summed E-state index contributed by atoms with van der Waals surface area (Å²) in [7, 11) is 0. The Morgan fingerprint density at radius 1 is 0.897 bits per heavy atom. The lowest BCUT2D eigenvalue weighted by molar-refractivity contribution is -0.137. The smallest absolute Gasteiger partial charge is 0.417 e. The lowest BCUT2D eigenvalue weighted by Gasteiger charge is -2.08. The van der Waals surface area contributed by atoms with E-state index in [1.807, 2.05) is 5.38 Å². The summed E-state index contributed by atoms with van der Waals surface area (Å²) in [6.45, 7) is 0. The maximum atomic E-state index is 13.4. The monoisotopic (exact) mass is 416 g/mol. The third-order valence-corrected chi connectivity index (χ3v) is 4.90. The highest BCUT2D eigenvalue weighted by atomic mass is 32.1. The first-order valence-electron chi connectivity index (χ1n) is 8.41. The molecule has 0 spiro atoms. The Kier molecular flexibility index (Phi) is 5.02. The van der Waals surface area contributed by atoms with Gasteiger partial charge in [-0.3, -0.25) is 0 Å². The van der Waals surface area contributed by atoms with E-state index in [9.17, 15) is 17.6 Å². The number of nitrogens with zero attached hydrogens (tertiary/aromatic N) is 2. The first kappa shape index (κ1) is 19.1. The summed E-state index contributed by atoms with van der Waals surface area (Å²) in [5, 5.41) is 2.60. The van der Waals surface area contributed by atoms with Crippen molar-refractivity contribution in [3.63, 3.8) is 0 Å². The molecule has 0 fully saturated rings. The van der Waals surface area contributed by atoms with Gasteiger partial charge >= 0.3 is 6.18 Å². The number of aromatic nitrogens is 2. The first-order valence-corrected chi connectivity index (χ1v) is 9.29. The molecule has 0 aliphatic heterocycles. The van der Waals surface area contributed by atoms with E-state index in [-0.39, 0.29) is 11.7 Å². The summed E-state index contributed by atoms with van der Waals surface area (Å²) in [5.74, 6) is 0.173. The van der Waals surface area contributed by atoms with E-state index in [4.69, 9.17) is 4.74 Å². The molecule has 0 aliphatic rings. The van der Waals surface area contributed by atoms with Crippen LogP contribution in [0.3, 0.4) is 0 Å². The quantitative estimate of drug-likeness (QED) is 0.342. The van der Waals surface area contributed by atoms with Gasteiger partial charge in [-0.15, -0.1) is 11.3 Å². The Morgan fingerprint density at radius 3 is 2.34 bits per heavy atom. The van der Waals surface area contributed by atoms with E-state index >= 15 is 0 Å². The minimum atomic E-state index is -4.44. The molecule has 146 valence electrons. The van der Waals surface area contributed by atoms with Crippen molar-refractivity contribution in [3.8, 4) is 33.5 Å². The van der Waals surface area contributed by atoms with Gasteiger partial charge in [-0.2, -0.15) is 13.2 Å². The predicted octanol–water partition coefficient (Wildman–Crippen LogP) is 6.82. The molecule has 8 heteroatoms. The SMILES string of the molecule is Fc1cccc(-c2csc(-c3ccc(Oc4ccc(C(F)(F)F)cn4)cc3)n2)c1. The maximum Gasteiger partial charge on any atom is 0.417 e. The van der Waals surface area contributed by atoms with Crippen LogP contribution in [0.15, 0.2) is 72.2 Å². The summed E-state index contributed by atoms with van der Waals surface area (Å²) < 4.78 is 56.6. The van der Waals surface area contributed by atoms with Gasteiger partial charge in [0.1, 0.15) is 16.6 Å².